The molecule has 5 rings (SSSR count). The first-order chi connectivity index (χ1) is 20.2. The van der Waals surface area contributed by atoms with Gasteiger partial charge in [0.2, 0.25) is 5.91 Å². The van der Waals surface area contributed by atoms with Crippen molar-refractivity contribution in [2.75, 3.05) is 0 Å². The van der Waals surface area contributed by atoms with Gasteiger partial charge in [0.1, 0.15) is 24.7 Å². The van der Waals surface area contributed by atoms with E-state index in [9.17, 15) is 4.79 Å². The Kier molecular flexibility index (Phi) is 11.2. The molecule has 4 nitrogen and oxygen atoms in total. The predicted molar refractivity (Wildman–Crippen MR) is 167 cm³/mol. The number of benzene rings is 5. The summed E-state index contributed by atoms with van der Waals surface area (Å²) in [5, 5.41) is 3.05. The zero-order valence-electron chi connectivity index (χ0n) is 23.8. The first kappa shape index (κ1) is 29.2. The maximum Gasteiger partial charge on any atom is 0.224 e. The highest BCUT2D eigenvalue weighted by molar-refractivity contribution is 5.79. The molecule has 1 N–H and O–H groups in total. The van der Waals surface area contributed by atoms with Crippen LogP contribution in [0.2, 0.25) is 0 Å². The number of hydrogen-bond acceptors (Lipinski definition) is 3. The zero-order valence-corrected chi connectivity index (χ0v) is 23.8. The Morgan fingerprint density at radius 3 is 1.51 bits per heavy atom. The van der Waals surface area contributed by atoms with Crippen molar-refractivity contribution < 1.29 is 14.3 Å². The van der Waals surface area contributed by atoms with Gasteiger partial charge in [-0.1, -0.05) is 129 Å². The van der Waals surface area contributed by atoms with E-state index >= 15 is 0 Å². The van der Waals surface area contributed by atoms with Crippen molar-refractivity contribution in [2.24, 2.45) is 0 Å². The molecule has 4 heteroatoms. The number of carbonyl (C=O) groups is 1. The number of carbonyl (C=O) groups excluding carboxylic acids is 1. The lowest BCUT2D eigenvalue weighted by Crippen LogP contribution is -2.24. The summed E-state index contributed by atoms with van der Waals surface area (Å²) in [6.45, 7) is 5.28. The molecule has 0 bridgehead atoms. The third-order valence-electron chi connectivity index (χ3n) is 6.35. The van der Waals surface area contributed by atoms with Gasteiger partial charge < -0.3 is 14.8 Å². The molecule has 0 saturated heterocycles. The molecule has 5 aromatic carbocycles. The average Bonchev–Trinajstić information content (AvgIpc) is 3.04. The Morgan fingerprint density at radius 2 is 1.00 bits per heavy atom. The zero-order chi connectivity index (χ0) is 28.7. The molecule has 5 aromatic rings. The van der Waals surface area contributed by atoms with Gasteiger partial charge in [0.25, 0.3) is 0 Å². The van der Waals surface area contributed by atoms with Crippen molar-refractivity contribution in [3.63, 3.8) is 0 Å². The molecule has 0 unspecified atom stereocenters. The Balaban J connectivity index is 0.00000189. The van der Waals surface area contributed by atoms with E-state index in [0.717, 1.165) is 33.4 Å². The lowest BCUT2D eigenvalue weighted by atomic mass is 10.0. The predicted octanol–water partition coefficient (Wildman–Crippen LogP) is 8.40. The molecule has 0 aliphatic rings. The second-order valence-electron chi connectivity index (χ2n) is 9.38. The van der Waals surface area contributed by atoms with Gasteiger partial charge in [0.15, 0.2) is 0 Å². The van der Waals surface area contributed by atoms with Gasteiger partial charge in [-0.2, -0.15) is 0 Å². The van der Waals surface area contributed by atoms with Crippen LogP contribution in [0.25, 0.3) is 11.1 Å². The van der Waals surface area contributed by atoms with Crippen LogP contribution in [0.3, 0.4) is 0 Å². The van der Waals surface area contributed by atoms with Crippen LogP contribution in [0.5, 0.6) is 11.5 Å². The van der Waals surface area contributed by atoms with Gasteiger partial charge in [-0.3, -0.25) is 4.79 Å². The fourth-order valence-corrected chi connectivity index (χ4v) is 4.28. The van der Waals surface area contributed by atoms with Crippen LogP contribution in [0.15, 0.2) is 133 Å². The van der Waals surface area contributed by atoms with E-state index in [0.29, 0.717) is 37.7 Å². The molecule has 0 aliphatic heterocycles. The average molecular weight is 544 g/mol. The van der Waals surface area contributed by atoms with E-state index < -0.39 is 0 Å². The number of amides is 1. The molecular formula is C37H37NO3. The Morgan fingerprint density at radius 1 is 0.537 bits per heavy atom. The summed E-state index contributed by atoms with van der Waals surface area (Å²) in [6, 6.07) is 44.2. The van der Waals surface area contributed by atoms with Crippen molar-refractivity contribution in [1.29, 1.82) is 0 Å². The van der Waals surface area contributed by atoms with E-state index in [1.54, 1.807) is 0 Å². The summed E-state index contributed by atoms with van der Waals surface area (Å²) in [7, 11) is 0. The van der Waals surface area contributed by atoms with E-state index in [2.05, 4.69) is 29.6 Å². The smallest absolute Gasteiger partial charge is 0.224 e. The molecule has 208 valence electrons. The second kappa shape index (κ2) is 15.7. The normalized spacial score (nSPS) is 10.2. The van der Waals surface area contributed by atoms with Gasteiger partial charge in [-0.25, -0.2) is 0 Å². The summed E-state index contributed by atoms with van der Waals surface area (Å²) < 4.78 is 12.2. The van der Waals surface area contributed by atoms with Crippen molar-refractivity contribution >= 4 is 5.91 Å². The van der Waals surface area contributed by atoms with Crippen molar-refractivity contribution in [1.82, 2.24) is 5.32 Å². The van der Waals surface area contributed by atoms with Crippen molar-refractivity contribution in [3.8, 4) is 22.6 Å². The van der Waals surface area contributed by atoms with Crippen LogP contribution in [-0.2, 0) is 31.0 Å². The van der Waals surface area contributed by atoms with E-state index in [-0.39, 0.29) is 5.91 Å². The first-order valence-electron chi connectivity index (χ1n) is 14.1. The lowest BCUT2D eigenvalue weighted by Gasteiger charge is -2.13. The number of rotatable bonds is 11. The van der Waals surface area contributed by atoms with E-state index in [4.69, 9.17) is 9.47 Å². The highest BCUT2D eigenvalue weighted by Crippen LogP contribution is 2.25. The quantitative estimate of drug-likeness (QED) is 0.182. The number of hydrogen-bond donors (Lipinski definition) is 1. The maximum atomic E-state index is 12.8. The minimum Gasteiger partial charge on any atom is -0.489 e. The summed E-state index contributed by atoms with van der Waals surface area (Å²) in [6.07, 6.45) is 0.316. The molecular weight excluding hydrogens is 506 g/mol. The van der Waals surface area contributed by atoms with Crippen LogP contribution in [0.1, 0.15) is 36.1 Å². The number of nitrogens with one attached hydrogen (secondary N) is 1. The second-order valence-corrected chi connectivity index (χ2v) is 9.38. The standard InChI is InChI=1S/C35H31NO3.C2H6/c37-35(22-27-16-18-32(19-17-27)31-14-8-3-9-15-31)36-24-30-20-33(38-25-28-10-4-1-5-11-28)23-34(21-30)39-26-29-12-6-2-7-13-29;1-2/h1-21,23H,22,24-26H2,(H,36,37);1-2H3. The molecule has 0 aliphatic carbocycles. The third-order valence-corrected chi connectivity index (χ3v) is 6.35. The summed E-state index contributed by atoms with van der Waals surface area (Å²) in [4.78, 5) is 12.8. The Labute approximate surface area is 243 Å². The van der Waals surface area contributed by atoms with Crippen molar-refractivity contribution in [2.45, 2.75) is 40.0 Å². The Hall–Kier alpha value is -4.83. The molecule has 0 saturated carbocycles. The molecule has 0 fully saturated rings. The van der Waals surface area contributed by atoms with E-state index in [1.807, 2.05) is 123 Å². The SMILES string of the molecule is CC.O=C(Cc1ccc(-c2ccccc2)cc1)NCc1cc(OCc2ccccc2)cc(OCc2ccccc2)c1. The number of ether oxygens (including phenoxy) is 2. The van der Waals surface area contributed by atoms with Gasteiger partial charge in [0, 0.05) is 12.6 Å². The van der Waals surface area contributed by atoms with Crippen LogP contribution < -0.4 is 14.8 Å². The monoisotopic (exact) mass is 543 g/mol. The van der Waals surface area contributed by atoms with Crippen LogP contribution >= 0.6 is 0 Å². The third kappa shape index (κ3) is 9.40. The molecule has 41 heavy (non-hydrogen) atoms. The van der Waals surface area contributed by atoms with Crippen LogP contribution in [0.4, 0.5) is 0 Å². The molecule has 0 spiro atoms. The van der Waals surface area contributed by atoms with Gasteiger partial charge >= 0.3 is 0 Å². The fourth-order valence-electron chi connectivity index (χ4n) is 4.28. The minimum absolute atomic E-state index is 0.0372. The van der Waals surface area contributed by atoms with Gasteiger partial charge in [0.05, 0.1) is 6.42 Å². The van der Waals surface area contributed by atoms with Gasteiger partial charge in [-0.15, -0.1) is 0 Å². The molecule has 0 atom stereocenters. The summed E-state index contributed by atoms with van der Waals surface area (Å²) in [5.41, 5.74) is 6.35. The van der Waals surface area contributed by atoms with Crippen molar-refractivity contribution in [3.05, 3.63) is 156 Å². The molecule has 0 radical (unpaired) electrons. The lowest BCUT2D eigenvalue weighted by molar-refractivity contribution is -0.120. The maximum absolute atomic E-state index is 12.8. The first-order valence-corrected chi connectivity index (χ1v) is 14.1. The largest absolute Gasteiger partial charge is 0.489 e. The van der Waals surface area contributed by atoms with Crippen LogP contribution in [-0.4, -0.2) is 5.91 Å². The fraction of sp³-hybridized carbons (Fsp3) is 0.162. The molecule has 0 heterocycles. The summed E-state index contributed by atoms with van der Waals surface area (Å²) >= 11 is 0. The van der Waals surface area contributed by atoms with Gasteiger partial charge in [-0.05, 0) is 45.5 Å². The topological polar surface area (TPSA) is 47.6 Å². The highest BCUT2D eigenvalue weighted by atomic mass is 16.5. The summed E-state index contributed by atoms with van der Waals surface area (Å²) in [5.74, 6) is 1.36. The van der Waals surface area contributed by atoms with Crippen LogP contribution in [0, 0.1) is 0 Å². The van der Waals surface area contributed by atoms with E-state index in [1.165, 1.54) is 0 Å². The molecule has 1 amide bonds. The highest BCUT2D eigenvalue weighted by Gasteiger charge is 2.08. The minimum atomic E-state index is -0.0372. The molecule has 0 aromatic heterocycles. The Bertz CT molecular complexity index is 1410.